The maximum absolute atomic E-state index is 9.72. The van der Waals surface area contributed by atoms with E-state index < -0.39 is 13.8 Å². The zero-order chi connectivity index (χ0) is 9.00. The molecule has 0 heterocycles. The third-order valence-corrected chi connectivity index (χ3v) is 0. The number of hydrogen-bond donors (Lipinski definition) is 0. The van der Waals surface area contributed by atoms with E-state index in [4.69, 9.17) is 0 Å². The van der Waals surface area contributed by atoms with Gasteiger partial charge in [0.1, 0.15) is 0 Å². The molecule has 0 aliphatic rings. The van der Waals surface area contributed by atoms with Crippen molar-refractivity contribution < 1.29 is 12.3 Å². The zero-order valence-corrected chi connectivity index (χ0v) is 9.59. The standard InChI is InChI=1S/C4H12N.C2H7AsO2/c1-5(2,3)4;1-3(2,4)5/h1-4H3;1-2H3,(H,4,5)/q+1;/p-1. The SMILES string of the molecule is C[As](C)(=O)[O-].C[N+](C)(C)C. The van der Waals surface area contributed by atoms with Crippen molar-refractivity contribution in [2.24, 2.45) is 0 Å². The largest absolute Gasteiger partial charge is 0.333 e. The number of nitrogens with zero attached hydrogens (tertiary/aromatic N) is 1. The molecule has 64 valence electrons. The summed E-state index contributed by atoms with van der Waals surface area (Å²) in [6.45, 7) is 0. The number of rotatable bonds is 0. The summed E-state index contributed by atoms with van der Waals surface area (Å²) >= 11 is -3.38. The van der Waals surface area contributed by atoms with E-state index >= 15 is 0 Å². The molecule has 3 nitrogen and oxygen atoms in total. The van der Waals surface area contributed by atoms with E-state index in [1.807, 2.05) is 0 Å². The summed E-state index contributed by atoms with van der Waals surface area (Å²) in [5.74, 6) is 0. The van der Waals surface area contributed by atoms with E-state index in [0.29, 0.717) is 0 Å². The smallest absolute Gasteiger partial charge is 0.0675 e. The summed E-state index contributed by atoms with van der Waals surface area (Å²) in [5, 5.41) is 0. The second-order valence-corrected chi connectivity index (χ2v) is 9.19. The summed E-state index contributed by atoms with van der Waals surface area (Å²) in [5.41, 5.74) is 2.50. The molecule has 0 fully saturated rings. The first-order valence-corrected chi connectivity index (χ1v) is 8.33. The average molecular weight is 211 g/mol. The Morgan fingerprint density at radius 2 is 1.10 bits per heavy atom. The van der Waals surface area contributed by atoms with Crippen LogP contribution >= 0.6 is 0 Å². The van der Waals surface area contributed by atoms with Gasteiger partial charge in [-0.1, -0.05) is 0 Å². The van der Waals surface area contributed by atoms with Crippen LogP contribution in [0.5, 0.6) is 0 Å². The van der Waals surface area contributed by atoms with E-state index in [2.05, 4.69) is 28.2 Å². The van der Waals surface area contributed by atoms with E-state index in [1.54, 1.807) is 0 Å². The molecule has 0 spiro atoms. The van der Waals surface area contributed by atoms with Crippen LogP contribution in [0.1, 0.15) is 0 Å². The van der Waals surface area contributed by atoms with Gasteiger partial charge in [-0.05, 0) is 0 Å². The minimum atomic E-state index is -3.38. The van der Waals surface area contributed by atoms with Crippen molar-refractivity contribution in [2.75, 3.05) is 28.2 Å². The predicted octanol–water partition coefficient (Wildman–Crippen LogP) is -0.199. The molecular weight excluding hydrogens is 193 g/mol. The first-order valence-electron chi connectivity index (χ1n) is 3.05. The predicted molar refractivity (Wildman–Crippen MR) is 42.1 cm³/mol. The maximum Gasteiger partial charge on any atom is 0.0675 e. The molecule has 0 saturated carbocycles. The van der Waals surface area contributed by atoms with Gasteiger partial charge >= 0.3 is 33.1 Å². The van der Waals surface area contributed by atoms with Gasteiger partial charge in [0.05, 0.1) is 28.2 Å². The second-order valence-electron chi connectivity index (χ2n) is 3.94. The molecule has 0 aromatic heterocycles. The van der Waals surface area contributed by atoms with Crippen LogP contribution in [0.25, 0.3) is 0 Å². The summed E-state index contributed by atoms with van der Waals surface area (Å²) in [7, 11) is 8.50. The monoisotopic (exact) mass is 211 g/mol. The topological polar surface area (TPSA) is 40.1 Å². The molecule has 0 rings (SSSR count). The molecular formula is C6H18AsNO2. The first-order chi connectivity index (χ1) is 4.00. The molecule has 0 saturated heterocycles. The van der Waals surface area contributed by atoms with Crippen molar-refractivity contribution in [1.82, 2.24) is 0 Å². The fourth-order valence-electron chi connectivity index (χ4n) is 0. The molecule has 0 aliphatic heterocycles. The Morgan fingerprint density at radius 1 is 1.10 bits per heavy atom. The van der Waals surface area contributed by atoms with Gasteiger partial charge in [-0.25, -0.2) is 0 Å². The fraction of sp³-hybridized carbons (Fsp3) is 1.00. The molecule has 0 aliphatic carbocycles. The van der Waals surface area contributed by atoms with Crippen LogP contribution in [0.3, 0.4) is 0 Å². The third kappa shape index (κ3) is 5660. The molecule has 10 heavy (non-hydrogen) atoms. The van der Waals surface area contributed by atoms with Crippen molar-refractivity contribution in [3.8, 4) is 0 Å². The molecule has 4 heteroatoms. The molecule has 0 radical (unpaired) electrons. The molecule has 0 aromatic rings. The normalized spacial score (nSPS) is 11.9. The van der Waals surface area contributed by atoms with Crippen molar-refractivity contribution >= 4 is 13.8 Å². The minimum Gasteiger partial charge on any atom is -0.333 e. The molecule has 0 amide bonds. The summed E-state index contributed by atoms with van der Waals surface area (Å²) < 4.78 is 20.4. The molecule has 0 N–H and O–H groups in total. The Balaban J connectivity index is 0. The van der Waals surface area contributed by atoms with Crippen LogP contribution in [0.15, 0.2) is 0 Å². The maximum atomic E-state index is 9.72. The molecule has 0 atom stereocenters. The van der Waals surface area contributed by atoms with Crippen LogP contribution < -0.4 is 4.10 Å². The Kier molecular flexibility index (Phi) is 5.45. The molecule has 0 aromatic carbocycles. The summed E-state index contributed by atoms with van der Waals surface area (Å²) in [4.78, 5) is 0. The van der Waals surface area contributed by atoms with Gasteiger partial charge in [0, 0.05) is 0 Å². The van der Waals surface area contributed by atoms with Crippen molar-refractivity contribution in [2.45, 2.75) is 11.4 Å². The second kappa shape index (κ2) is 4.22. The Bertz CT molecular complexity index is 108. The first kappa shape index (κ1) is 12.9. The van der Waals surface area contributed by atoms with Crippen LogP contribution in [0.4, 0.5) is 0 Å². The van der Waals surface area contributed by atoms with Gasteiger partial charge < -0.3 is 4.48 Å². The van der Waals surface area contributed by atoms with E-state index in [-0.39, 0.29) is 0 Å². The van der Waals surface area contributed by atoms with Crippen molar-refractivity contribution in [1.29, 1.82) is 0 Å². The van der Waals surface area contributed by atoms with Crippen LogP contribution in [-0.4, -0.2) is 46.5 Å². The third-order valence-electron chi connectivity index (χ3n) is 0. The Labute approximate surface area is 66.3 Å². The van der Waals surface area contributed by atoms with Crippen LogP contribution in [0.2, 0.25) is 11.4 Å². The van der Waals surface area contributed by atoms with E-state index in [9.17, 15) is 7.84 Å². The Hall–Kier alpha value is 0.278. The van der Waals surface area contributed by atoms with Gasteiger partial charge in [-0.15, -0.1) is 0 Å². The van der Waals surface area contributed by atoms with E-state index in [1.165, 1.54) is 11.4 Å². The summed E-state index contributed by atoms with van der Waals surface area (Å²) in [6.07, 6.45) is 0. The van der Waals surface area contributed by atoms with Crippen molar-refractivity contribution in [3.05, 3.63) is 0 Å². The van der Waals surface area contributed by atoms with Crippen LogP contribution in [-0.2, 0) is 3.74 Å². The quantitative estimate of drug-likeness (QED) is 0.411. The number of quaternary nitrogens is 1. The van der Waals surface area contributed by atoms with Gasteiger partial charge in [-0.2, -0.15) is 0 Å². The van der Waals surface area contributed by atoms with Gasteiger partial charge in [0.2, 0.25) is 0 Å². The van der Waals surface area contributed by atoms with Crippen molar-refractivity contribution in [3.63, 3.8) is 0 Å². The number of hydrogen-bond acceptors (Lipinski definition) is 2. The Morgan fingerprint density at radius 3 is 1.10 bits per heavy atom. The van der Waals surface area contributed by atoms with Gasteiger partial charge in [0.15, 0.2) is 0 Å². The van der Waals surface area contributed by atoms with Gasteiger partial charge in [-0.3, -0.25) is 0 Å². The van der Waals surface area contributed by atoms with Gasteiger partial charge in [0.25, 0.3) is 0 Å². The van der Waals surface area contributed by atoms with E-state index in [0.717, 1.165) is 4.48 Å². The minimum absolute atomic E-state index is 1.00. The zero-order valence-electron chi connectivity index (χ0n) is 7.71. The average Bonchev–Trinajstić information content (AvgIpc) is 1.12. The fourth-order valence-corrected chi connectivity index (χ4v) is 0. The molecule has 0 unspecified atom stereocenters. The molecule has 0 bridgehead atoms. The summed E-state index contributed by atoms with van der Waals surface area (Å²) in [6, 6.07) is 0. The van der Waals surface area contributed by atoms with Crippen LogP contribution in [0, 0.1) is 0 Å².